The fourth-order valence-corrected chi connectivity index (χ4v) is 2.25. The van der Waals surface area contributed by atoms with Gasteiger partial charge < -0.3 is 9.64 Å². The van der Waals surface area contributed by atoms with E-state index in [1.807, 2.05) is 6.92 Å². The molecule has 0 saturated carbocycles. The number of ether oxygens (including phenoxy) is 1. The molecule has 0 saturated heterocycles. The van der Waals surface area contributed by atoms with Crippen molar-refractivity contribution in [2.24, 2.45) is 5.92 Å². The summed E-state index contributed by atoms with van der Waals surface area (Å²) in [6.45, 7) is 4.95. The first kappa shape index (κ1) is 12.9. The molecule has 1 heterocycles. The van der Waals surface area contributed by atoms with Crippen molar-refractivity contribution in [3.8, 4) is 5.75 Å². The van der Waals surface area contributed by atoms with Gasteiger partial charge in [0, 0.05) is 12.0 Å². The summed E-state index contributed by atoms with van der Waals surface area (Å²) in [7, 11) is 0. The lowest BCUT2D eigenvalue weighted by Crippen LogP contribution is -2.40. The van der Waals surface area contributed by atoms with Crippen LogP contribution in [0.5, 0.6) is 5.75 Å². The van der Waals surface area contributed by atoms with E-state index in [1.165, 1.54) is 12.1 Å². The van der Waals surface area contributed by atoms with Gasteiger partial charge in [-0.25, -0.2) is 4.39 Å². The molecule has 0 aromatic heterocycles. The van der Waals surface area contributed by atoms with E-state index in [-0.39, 0.29) is 17.6 Å². The Morgan fingerprint density at radius 2 is 2.33 bits per heavy atom. The number of hydrogen-bond donors (Lipinski definition) is 0. The van der Waals surface area contributed by atoms with Gasteiger partial charge in [-0.3, -0.25) is 4.79 Å². The van der Waals surface area contributed by atoms with Crippen LogP contribution in [-0.2, 0) is 4.79 Å². The molecule has 3 nitrogen and oxygen atoms in total. The van der Waals surface area contributed by atoms with Crippen LogP contribution < -0.4 is 9.64 Å². The van der Waals surface area contributed by atoms with Crippen LogP contribution in [0.2, 0.25) is 0 Å². The van der Waals surface area contributed by atoms with Crippen LogP contribution in [0.1, 0.15) is 26.7 Å². The maximum Gasteiger partial charge on any atom is 0.230 e. The second-order valence-corrected chi connectivity index (χ2v) is 4.64. The van der Waals surface area contributed by atoms with E-state index in [0.29, 0.717) is 24.6 Å². The van der Waals surface area contributed by atoms with E-state index >= 15 is 0 Å². The van der Waals surface area contributed by atoms with Gasteiger partial charge in [-0.1, -0.05) is 20.3 Å². The number of carbonyl (C=O) groups is 1. The molecule has 1 atom stereocenters. The number of carbonyl (C=O) groups excluding carboxylic acids is 1. The van der Waals surface area contributed by atoms with Gasteiger partial charge >= 0.3 is 0 Å². The van der Waals surface area contributed by atoms with E-state index in [1.54, 1.807) is 11.0 Å². The van der Waals surface area contributed by atoms with Crippen LogP contribution in [0.15, 0.2) is 18.2 Å². The third kappa shape index (κ3) is 2.47. The van der Waals surface area contributed by atoms with Gasteiger partial charge in [0.25, 0.3) is 0 Å². The van der Waals surface area contributed by atoms with Crippen molar-refractivity contribution in [2.45, 2.75) is 26.7 Å². The van der Waals surface area contributed by atoms with E-state index in [0.717, 1.165) is 12.8 Å². The van der Waals surface area contributed by atoms with Crippen molar-refractivity contribution >= 4 is 11.6 Å². The highest BCUT2D eigenvalue weighted by Gasteiger charge is 2.26. The summed E-state index contributed by atoms with van der Waals surface area (Å²) in [5.41, 5.74) is 0.676. The van der Waals surface area contributed by atoms with Gasteiger partial charge in [0.2, 0.25) is 5.91 Å². The van der Waals surface area contributed by atoms with Gasteiger partial charge in [-0.2, -0.15) is 0 Å². The Morgan fingerprint density at radius 1 is 1.56 bits per heavy atom. The van der Waals surface area contributed by atoms with Crippen molar-refractivity contribution in [1.29, 1.82) is 0 Å². The Labute approximate surface area is 107 Å². The van der Waals surface area contributed by atoms with Gasteiger partial charge in [-0.05, 0) is 18.6 Å². The van der Waals surface area contributed by atoms with E-state index in [4.69, 9.17) is 4.74 Å². The minimum atomic E-state index is -0.343. The zero-order valence-electron chi connectivity index (χ0n) is 10.8. The Balaban J connectivity index is 2.24. The number of hydrogen-bond acceptors (Lipinski definition) is 2. The van der Waals surface area contributed by atoms with Crippen molar-refractivity contribution in [3.05, 3.63) is 24.0 Å². The highest BCUT2D eigenvalue weighted by atomic mass is 19.1. The maximum absolute atomic E-state index is 13.1. The molecular formula is C14H18FNO2. The number of fused-ring (bicyclic) bond motifs is 1. The molecule has 0 spiro atoms. The molecule has 1 aromatic rings. The first-order valence-electron chi connectivity index (χ1n) is 6.37. The van der Waals surface area contributed by atoms with E-state index < -0.39 is 0 Å². The number of rotatable bonds is 3. The number of anilines is 1. The molecule has 1 aliphatic rings. The van der Waals surface area contributed by atoms with E-state index in [2.05, 4.69) is 6.92 Å². The SMILES string of the molecule is CCCC(C)C(=O)N1CCOc2cc(F)ccc21. The third-order valence-corrected chi connectivity index (χ3v) is 3.19. The lowest BCUT2D eigenvalue weighted by molar-refractivity contribution is -0.122. The summed E-state index contributed by atoms with van der Waals surface area (Å²) in [5, 5.41) is 0. The molecule has 0 bridgehead atoms. The quantitative estimate of drug-likeness (QED) is 0.826. The summed E-state index contributed by atoms with van der Waals surface area (Å²) in [6, 6.07) is 4.30. The monoisotopic (exact) mass is 251 g/mol. The number of nitrogens with zero attached hydrogens (tertiary/aromatic N) is 1. The zero-order chi connectivity index (χ0) is 13.1. The summed E-state index contributed by atoms with van der Waals surface area (Å²) in [5.74, 6) is 0.196. The lowest BCUT2D eigenvalue weighted by Gasteiger charge is -2.31. The van der Waals surface area contributed by atoms with Crippen LogP contribution in [0.4, 0.5) is 10.1 Å². The molecule has 0 fully saturated rings. The number of halogens is 1. The molecular weight excluding hydrogens is 233 g/mol. The van der Waals surface area contributed by atoms with Crippen molar-refractivity contribution in [3.63, 3.8) is 0 Å². The van der Waals surface area contributed by atoms with Crippen LogP contribution in [0, 0.1) is 11.7 Å². The minimum Gasteiger partial charge on any atom is -0.489 e. The van der Waals surface area contributed by atoms with Crippen LogP contribution in [0.25, 0.3) is 0 Å². The van der Waals surface area contributed by atoms with Gasteiger partial charge in [0.15, 0.2) is 0 Å². The summed E-state index contributed by atoms with van der Waals surface area (Å²) in [4.78, 5) is 14.0. The van der Waals surface area contributed by atoms with Crippen LogP contribution in [-0.4, -0.2) is 19.1 Å². The first-order valence-corrected chi connectivity index (χ1v) is 6.37. The smallest absolute Gasteiger partial charge is 0.230 e. The molecule has 0 radical (unpaired) electrons. The molecule has 2 rings (SSSR count). The number of amides is 1. The fraction of sp³-hybridized carbons (Fsp3) is 0.500. The van der Waals surface area contributed by atoms with Crippen molar-refractivity contribution in [1.82, 2.24) is 0 Å². The standard InChI is InChI=1S/C14H18FNO2/c1-3-4-10(2)14(17)16-7-8-18-13-9-11(15)5-6-12(13)16/h5-6,9-10H,3-4,7-8H2,1-2H3. The molecule has 0 aliphatic carbocycles. The summed E-state index contributed by atoms with van der Waals surface area (Å²) >= 11 is 0. The molecule has 1 aliphatic heterocycles. The Morgan fingerprint density at radius 3 is 3.06 bits per heavy atom. The summed E-state index contributed by atoms with van der Waals surface area (Å²) in [6.07, 6.45) is 1.85. The zero-order valence-corrected chi connectivity index (χ0v) is 10.8. The Bertz CT molecular complexity index is 447. The molecule has 4 heteroatoms. The second-order valence-electron chi connectivity index (χ2n) is 4.64. The van der Waals surface area contributed by atoms with Gasteiger partial charge in [0.1, 0.15) is 18.2 Å². The molecule has 18 heavy (non-hydrogen) atoms. The van der Waals surface area contributed by atoms with Crippen LogP contribution in [0.3, 0.4) is 0 Å². The predicted molar refractivity (Wildman–Crippen MR) is 68.3 cm³/mol. The Hall–Kier alpha value is -1.58. The second kappa shape index (κ2) is 5.38. The Kier molecular flexibility index (Phi) is 3.84. The van der Waals surface area contributed by atoms with Crippen molar-refractivity contribution in [2.75, 3.05) is 18.1 Å². The lowest BCUT2D eigenvalue weighted by atomic mass is 10.0. The highest BCUT2D eigenvalue weighted by Crippen LogP contribution is 2.33. The van der Waals surface area contributed by atoms with Crippen LogP contribution >= 0.6 is 0 Å². The first-order chi connectivity index (χ1) is 8.63. The molecule has 1 unspecified atom stereocenters. The normalized spacial score (nSPS) is 15.8. The average molecular weight is 251 g/mol. The largest absolute Gasteiger partial charge is 0.489 e. The average Bonchev–Trinajstić information content (AvgIpc) is 2.37. The minimum absolute atomic E-state index is 0.00833. The highest BCUT2D eigenvalue weighted by molar-refractivity contribution is 5.96. The topological polar surface area (TPSA) is 29.5 Å². The van der Waals surface area contributed by atoms with Gasteiger partial charge in [0.05, 0.1) is 12.2 Å². The number of benzene rings is 1. The predicted octanol–water partition coefficient (Wildman–Crippen LogP) is 2.99. The maximum atomic E-state index is 13.1. The molecule has 1 amide bonds. The third-order valence-electron chi connectivity index (χ3n) is 3.19. The molecule has 0 N–H and O–H groups in total. The van der Waals surface area contributed by atoms with Gasteiger partial charge in [-0.15, -0.1) is 0 Å². The summed E-state index contributed by atoms with van der Waals surface area (Å²) < 4.78 is 18.5. The van der Waals surface area contributed by atoms with E-state index in [9.17, 15) is 9.18 Å². The van der Waals surface area contributed by atoms with Crippen molar-refractivity contribution < 1.29 is 13.9 Å². The molecule has 1 aromatic carbocycles. The fourth-order valence-electron chi connectivity index (χ4n) is 2.25. The molecule has 98 valence electrons.